The number of anilines is 1. The summed E-state index contributed by atoms with van der Waals surface area (Å²) in [6.45, 7) is 0.834. The van der Waals surface area contributed by atoms with Gasteiger partial charge in [0.2, 0.25) is 5.91 Å². The van der Waals surface area contributed by atoms with Gasteiger partial charge in [-0.2, -0.15) is 5.10 Å². The number of benzene rings is 1. The van der Waals surface area contributed by atoms with Gasteiger partial charge in [-0.05, 0) is 24.6 Å². The van der Waals surface area contributed by atoms with Gasteiger partial charge in [-0.15, -0.1) is 0 Å². The molecule has 1 aromatic carbocycles. The summed E-state index contributed by atoms with van der Waals surface area (Å²) in [5.74, 6) is -1.93. The summed E-state index contributed by atoms with van der Waals surface area (Å²) >= 11 is 5.80. The Morgan fingerprint density at radius 1 is 1.39 bits per heavy atom. The zero-order valence-electron chi connectivity index (χ0n) is 16.9. The summed E-state index contributed by atoms with van der Waals surface area (Å²) < 4.78 is 19.8. The van der Waals surface area contributed by atoms with Gasteiger partial charge in [-0.3, -0.25) is 14.3 Å². The Balaban J connectivity index is 1.67. The average molecular weight is 450 g/mol. The average Bonchev–Trinajstić information content (AvgIpc) is 3.08. The highest BCUT2D eigenvalue weighted by Gasteiger charge is 2.40. The molecule has 0 saturated heterocycles. The van der Waals surface area contributed by atoms with Crippen molar-refractivity contribution in [1.29, 1.82) is 0 Å². The van der Waals surface area contributed by atoms with Crippen LogP contribution in [0.4, 0.5) is 10.1 Å². The van der Waals surface area contributed by atoms with Crippen molar-refractivity contribution < 1.29 is 23.5 Å². The minimum Gasteiger partial charge on any atom is -0.467 e. The van der Waals surface area contributed by atoms with Gasteiger partial charge in [0.25, 0.3) is 5.91 Å². The molecule has 164 valence electrons. The van der Waals surface area contributed by atoms with Crippen molar-refractivity contribution in [3.8, 4) is 0 Å². The van der Waals surface area contributed by atoms with E-state index in [4.69, 9.17) is 16.3 Å². The third-order valence-electron chi connectivity index (χ3n) is 5.59. The predicted octanol–water partition coefficient (Wildman–Crippen LogP) is 1.52. The van der Waals surface area contributed by atoms with E-state index in [-0.39, 0.29) is 10.7 Å². The molecule has 2 N–H and O–H groups in total. The molecule has 2 aromatic rings. The number of amides is 2. The van der Waals surface area contributed by atoms with E-state index < -0.39 is 35.7 Å². The lowest BCUT2D eigenvalue weighted by Gasteiger charge is -2.26. The number of nitrogens with one attached hydrogen (secondary N) is 2. The molecule has 0 fully saturated rings. The fourth-order valence-corrected chi connectivity index (χ4v) is 4.19. The number of hydrogen-bond donors (Lipinski definition) is 2. The number of methoxy groups -OCH3 is 1. The number of ether oxygens (including phenoxy) is 1. The molecule has 0 spiro atoms. The molecule has 0 aliphatic carbocycles. The molecule has 1 aromatic heterocycles. The van der Waals surface area contributed by atoms with E-state index in [0.717, 1.165) is 6.07 Å². The molecular formula is C20H21ClFN5O4. The first-order valence-corrected chi connectivity index (χ1v) is 10.1. The summed E-state index contributed by atoms with van der Waals surface area (Å²) in [6.07, 6.45) is 0.903. The Morgan fingerprint density at radius 2 is 2.16 bits per heavy atom. The minimum atomic E-state index is -0.844. The lowest BCUT2D eigenvalue weighted by molar-refractivity contribution is -0.145. The number of likely N-dealkylation sites (N-methyl/N-ethyl adjacent to an activating group) is 1. The van der Waals surface area contributed by atoms with Gasteiger partial charge in [-0.1, -0.05) is 11.6 Å². The fourth-order valence-electron chi connectivity index (χ4n) is 4.01. The molecule has 0 saturated carbocycles. The molecule has 0 bridgehead atoms. The summed E-state index contributed by atoms with van der Waals surface area (Å²) in [5, 5.41) is 10.3. The predicted molar refractivity (Wildman–Crippen MR) is 109 cm³/mol. The van der Waals surface area contributed by atoms with Crippen molar-refractivity contribution in [2.24, 2.45) is 0 Å². The topological polar surface area (TPSA) is 106 Å². The number of halogens is 2. The van der Waals surface area contributed by atoms with Gasteiger partial charge >= 0.3 is 5.97 Å². The number of fused-ring (bicyclic) bond motifs is 3. The molecule has 11 heteroatoms. The smallest absolute Gasteiger partial charge is 0.328 e. The van der Waals surface area contributed by atoms with E-state index in [1.54, 1.807) is 4.68 Å². The molecule has 31 heavy (non-hydrogen) atoms. The zero-order chi connectivity index (χ0) is 22.3. The number of aromatic nitrogens is 2. The van der Waals surface area contributed by atoms with Crippen LogP contribution < -0.4 is 10.6 Å². The van der Waals surface area contributed by atoms with E-state index in [1.165, 1.54) is 31.2 Å². The van der Waals surface area contributed by atoms with Crippen molar-refractivity contribution in [2.45, 2.75) is 31.5 Å². The number of rotatable bonds is 3. The van der Waals surface area contributed by atoms with E-state index in [9.17, 15) is 18.8 Å². The lowest BCUT2D eigenvalue weighted by atomic mass is 9.96. The van der Waals surface area contributed by atoms with E-state index >= 15 is 0 Å². The Labute approximate surface area is 182 Å². The van der Waals surface area contributed by atoms with Crippen molar-refractivity contribution in [3.05, 3.63) is 46.0 Å². The van der Waals surface area contributed by atoms with Gasteiger partial charge in [0, 0.05) is 37.8 Å². The number of hydrogen-bond acceptors (Lipinski definition) is 6. The van der Waals surface area contributed by atoms with Crippen LogP contribution in [0.3, 0.4) is 0 Å². The third kappa shape index (κ3) is 3.77. The third-order valence-corrected chi connectivity index (χ3v) is 5.88. The number of esters is 1. The molecular weight excluding hydrogens is 429 g/mol. The highest BCUT2D eigenvalue weighted by atomic mass is 35.5. The van der Waals surface area contributed by atoms with Gasteiger partial charge in [0.05, 0.1) is 17.8 Å². The van der Waals surface area contributed by atoms with E-state index in [1.807, 2.05) is 0 Å². The molecule has 2 amide bonds. The number of carbonyl (C=O) groups is 3. The Morgan fingerprint density at radius 3 is 2.87 bits per heavy atom. The van der Waals surface area contributed by atoms with Crippen LogP contribution in [0.25, 0.3) is 0 Å². The highest BCUT2D eigenvalue weighted by Crippen LogP contribution is 2.31. The highest BCUT2D eigenvalue weighted by molar-refractivity contribution is 6.31. The summed E-state index contributed by atoms with van der Waals surface area (Å²) in [6, 6.07) is 2.30. The normalized spacial score (nSPS) is 20.5. The maximum Gasteiger partial charge on any atom is 0.328 e. The van der Waals surface area contributed by atoms with Crippen LogP contribution in [0.2, 0.25) is 5.02 Å². The monoisotopic (exact) mass is 449 g/mol. The van der Waals surface area contributed by atoms with E-state index in [0.29, 0.717) is 42.9 Å². The van der Waals surface area contributed by atoms with Crippen molar-refractivity contribution >= 4 is 35.1 Å². The second-order valence-electron chi connectivity index (χ2n) is 7.43. The maximum atomic E-state index is 13.4. The largest absolute Gasteiger partial charge is 0.467 e. The molecule has 2 unspecified atom stereocenters. The summed E-state index contributed by atoms with van der Waals surface area (Å²) in [5.41, 5.74) is 1.75. The van der Waals surface area contributed by atoms with Gasteiger partial charge < -0.3 is 20.3 Å². The van der Waals surface area contributed by atoms with Crippen LogP contribution >= 0.6 is 11.6 Å². The van der Waals surface area contributed by atoms with Crippen LogP contribution in [-0.4, -0.2) is 59.2 Å². The maximum absolute atomic E-state index is 13.4. The lowest BCUT2D eigenvalue weighted by Crippen LogP contribution is -2.43. The number of aryl methyl sites for hydroxylation is 1. The molecule has 4 rings (SSSR count). The van der Waals surface area contributed by atoms with Gasteiger partial charge in [0.1, 0.15) is 23.6 Å². The van der Waals surface area contributed by atoms with Crippen molar-refractivity contribution in [1.82, 2.24) is 20.0 Å². The van der Waals surface area contributed by atoms with Crippen LogP contribution in [-0.2, 0) is 27.3 Å². The van der Waals surface area contributed by atoms with Crippen molar-refractivity contribution in [2.75, 3.05) is 26.0 Å². The van der Waals surface area contributed by atoms with Crippen LogP contribution in [0.1, 0.15) is 34.2 Å². The minimum absolute atomic E-state index is 0.111. The van der Waals surface area contributed by atoms with Crippen molar-refractivity contribution in [3.63, 3.8) is 0 Å². The molecule has 2 atom stereocenters. The zero-order valence-corrected chi connectivity index (χ0v) is 17.7. The first-order valence-electron chi connectivity index (χ1n) is 9.75. The Kier molecular flexibility index (Phi) is 5.67. The van der Waals surface area contributed by atoms with Gasteiger partial charge in [0.15, 0.2) is 0 Å². The molecule has 3 heterocycles. The number of nitrogens with zero attached hydrogens (tertiary/aromatic N) is 3. The summed E-state index contributed by atoms with van der Waals surface area (Å²) in [4.78, 5) is 39.7. The van der Waals surface area contributed by atoms with E-state index in [2.05, 4.69) is 15.7 Å². The standard InChI is InChI=1S/C20H21ClFN5O4/c1-26-14(20(30)31-2)6-8-27-17(19(26)29)15-13(25-27)5-7-23-16(15)18(28)24-10-3-4-12(22)11(21)9-10/h3-4,9,14,16,23H,5-8H2,1-2H3,(H,24,28). The van der Waals surface area contributed by atoms with Crippen LogP contribution in [0, 0.1) is 5.82 Å². The van der Waals surface area contributed by atoms with Crippen LogP contribution in [0.5, 0.6) is 0 Å². The first-order chi connectivity index (χ1) is 14.8. The molecule has 0 radical (unpaired) electrons. The molecule has 2 aliphatic heterocycles. The fraction of sp³-hybridized carbons (Fsp3) is 0.400. The summed E-state index contributed by atoms with van der Waals surface area (Å²) in [7, 11) is 2.81. The van der Waals surface area contributed by atoms with Gasteiger partial charge in [-0.25, -0.2) is 9.18 Å². The molecule has 9 nitrogen and oxygen atoms in total. The number of carbonyl (C=O) groups excluding carboxylic acids is 3. The van der Waals surface area contributed by atoms with Crippen LogP contribution in [0.15, 0.2) is 18.2 Å². The Hall–Kier alpha value is -2.98. The Bertz CT molecular complexity index is 1070. The SMILES string of the molecule is COC(=O)C1CCn2nc3c(c2C(=O)N1C)C(C(=O)Nc1ccc(F)c(Cl)c1)NCC3. The quantitative estimate of drug-likeness (QED) is 0.688. The first kappa shape index (κ1) is 21.3. The second kappa shape index (κ2) is 8.27. The second-order valence-corrected chi connectivity index (χ2v) is 7.84. The molecule has 2 aliphatic rings.